The zero-order valence-corrected chi connectivity index (χ0v) is 11.8. The summed E-state index contributed by atoms with van der Waals surface area (Å²) in [6.45, 7) is 6.54. The van der Waals surface area contributed by atoms with Gasteiger partial charge in [0.15, 0.2) is 5.82 Å². The summed E-state index contributed by atoms with van der Waals surface area (Å²) in [4.78, 5) is 10.8. The van der Waals surface area contributed by atoms with Gasteiger partial charge in [0.05, 0.1) is 6.61 Å². The van der Waals surface area contributed by atoms with Crippen molar-refractivity contribution < 1.29 is 4.74 Å². The van der Waals surface area contributed by atoms with Gasteiger partial charge in [-0.2, -0.15) is 5.10 Å². The van der Waals surface area contributed by atoms with Crippen LogP contribution in [0.2, 0.25) is 0 Å². The van der Waals surface area contributed by atoms with Crippen molar-refractivity contribution in [3.63, 3.8) is 0 Å². The van der Waals surface area contributed by atoms with E-state index < -0.39 is 0 Å². The van der Waals surface area contributed by atoms with E-state index in [4.69, 9.17) is 4.74 Å². The Morgan fingerprint density at radius 1 is 1.40 bits per heavy atom. The van der Waals surface area contributed by atoms with E-state index in [9.17, 15) is 0 Å². The van der Waals surface area contributed by atoms with Crippen LogP contribution in [0.4, 0.5) is 0 Å². The summed E-state index contributed by atoms with van der Waals surface area (Å²) in [6, 6.07) is 4.47. The zero-order valence-electron chi connectivity index (χ0n) is 11.8. The van der Waals surface area contributed by atoms with E-state index in [1.165, 1.54) is 5.56 Å². The van der Waals surface area contributed by atoms with Crippen LogP contribution < -0.4 is 0 Å². The summed E-state index contributed by atoms with van der Waals surface area (Å²) >= 11 is 0. The van der Waals surface area contributed by atoms with Gasteiger partial charge in [-0.3, -0.25) is 15.0 Å². The second kappa shape index (κ2) is 5.68. The third-order valence-electron chi connectivity index (χ3n) is 3.75. The van der Waals surface area contributed by atoms with E-state index in [2.05, 4.69) is 44.1 Å². The fourth-order valence-electron chi connectivity index (χ4n) is 2.55. The van der Waals surface area contributed by atoms with E-state index in [-0.39, 0.29) is 6.10 Å². The highest BCUT2D eigenvalue weighted by atomic mass is 16.5. The molecule has 1 saturated heterocycles. The minimum atomic E-state index is -0.0331. The molecule has 2 unspecified atom stereocenters. The molecular weight excluding hydrogens is 254 g/mol. The van der Waals surface area contributed by atoms with Gasteiger partial charge in [-0.1, -0.05) is 0 Å². The molecule has 106 valence electrons. The van der Waals surface area contributed by atoms with Gasteiger partial charge < -0.3 is 4.74 Å². The predicted molar refractivity (Wildman–Crippen MR) is 74.0 cm³/mol. The number of hydrogen-bond acceptors (Lipinski definition) is 5. The van der Waals surface area contributed by atoms with E-state index in [1.807, 2.05) is 19.3 Å². The van der Waals surface area contributed by atoms with Crippen molar-refractivity contribution in [3.05, 3.63) is 41.7 Å². The van der Waals surface area contributed by atoms with Crippen LogP contribution in [0.25, 0.3) is 0 Å². The van der Waals surface area contributed by atoms with Crippen molar-refractivity contribution in [2.24, 2.45) is 0 Å². The topological polar surface area (TPSA) is 66.9 Å². The van der Waals surface area contributed by atoms with Gasteiger partial charge in [-0.05, 0) is 31.5 Å². The molecule has 6 heteroatoms. The molecule has 1 aliphatic rings. The standard InChI is InChI=1S/C14H19N5O/c1-10(12-3-5-15-6-4-12)19-7-8-20-13(9-19)14-16-11(2)17-18-14/h3-6,10,13H,7-9H2,1-2H3,(H,16,17,18). The van der Waals surface area contributed by atoms with Crippen molar-refractivity contribution in [3.8, 4) is 0 Å². The average Bonchev–Trinajstić information content (AvgIpc) is 2.94. The molecule has 0 saturated carbocycles. The Bertz CT molecular complexity index is 556. The number of aryl methyl sites for hydroxylation is 1. The first-order chi connectivity index (χ1) is 9.74. The van der Waals surface area contributed by atoms with Crippen LogP contribution in [0.1, 0.15) is 36.3 Å². The molecular formula is C14H19N5O. The highest BCUT2D eigenvalue weighted by Crippen LogP contribution is 2.26. The van der Waals surface area contributed by atoms with Crippen molar-refractivity contribution in [1.29, 1.82) is 0 Å². The van der Waals surface area contributed by atoms with Gasteiger partial charge >= 0.3 is 0 Å². The third-order valence-corrected chi connectivity index (χ3v) is 3.75. The SMILES string of the molecule is Cc1n[nH]c(C2CN(C(C)c3ccncc3)CCO2)n1. The highest BCUT2D eigenvalue weighted by Gasteiger charge is 2.27. The maximum atomic E-state index is 5.81. The highest BCUT2D eigenvalue weighted by molar-refractivity contribution is 5.14. The zero-order chi connectivity index (χ0) is 13.9. The van der Waals surface area contributed by atoms with Crippen LogP contribution in [0.3, 0.4) is 0 Å². The lowest BCUT2D eigenvalue weighted by atomic mass is 10.1. The van der Waals surface area contributed by atoms with Crippen LogP contribution in [-0.2, 0) is 4.74 Å². The lowest BCUT2D eigenvalue weighted by Gasteiger charge is -2.36. The number of morpholine rings is 1. The molecule has 2 aromatic rings. The number of aromatic amines is 1. The Morgan fingerprint density at radius 2 is 2.20 bits per heavy atom. The number of hydrogen-bond donors (Lipinski definition) is 1. The summed E-state index contributed by atoms with van der Waals surface area (Å²) in [5.41, 5.74) is 1.27. The number of H-pyrrole nitrogens is 1. The molecule has 2 aromatic heterocycles. The first kappa shape index (κ1) is 13.2. The number of pyridine rings is 1. The van der Waals surface area contributed by atoms with Crippen LogP contribution in [0, 0.1) is 6.92 Å². The average molecular weight is 273 g/mol. The summed E-state index contributed by atoms with van der Waals surface area (Å²) in [7, 11) is 0. The predicted octanol–water partition coefficient (Wildman–Crippen LogP) is 1.64. The fourth-order valence-corrected chi connectivity index (χ4v) is 2.55. The molecule has 1 fully saturated rings. The first-order valence-corrected chi connectivity index (χ1v) is 6.88. The van der Waals surface area contributed by atoms with E-state index in [1.54, 1.807) is 0 Å². The summed E-state index contributed by atoms with van der Waals surface area (Å²) in [5, 5.41) is 7.03. The molecule has 0 spiro atoms. The summed E-state index contributed by atoms with van der Waals surface area (Å²) in [5.74, 6) is 1.57. The van der Waals surface area contributed by atoms with Crippen molar-refractivity contribution in [1.82, 2.24) is 25.1 Å². The molecule has 0 aromatic carbocycles. The Balaban J connectivity index is 1.72. The second-order valence-electron chi connectivity index (χ2n) is 5.08. The lowest BCUT2D eigenvalue weighted by molar-refractivity contribution is -0.0470. The Hall–Kier alpha value is -1.79. The van der Waals surface area contributed by atoms with Gasteiger partial charge in [0.1, 0.15) is 11.9 Å². The van der Waals surface area contributed by atoms with Crippen molar-refractivity contribution >= 4 is 0 Å². The molecule has 0 bridgehead atoms. The van der Waals surface area contributed by atoms with Gasteiger partial charge in [-0.15, -0.1) is 0 Å². The number of nitrogens with one attached hydrogen (secondary N) is 1. The van der Waals surface area contributed by atoms with Crippen LogP contribution in [-0.4, -0.2) is 44.8 Å². The number of rotatable bonds is 3. The van der Waals surface area contributed by atoms with Crippen molar-refractivity contribution in [2.45, 2.75) is 26.0 Å². The fraction of sp³-hybridized carbons (Fsp3) is 0.500. The summed E-state index contributed by atoms with van der Waals surface area (Å²) in [6.07, 6.45) is 3.64. The monoisotopic (exact) mass is 273 g/mol. The first-order valence-electron chi connectivity index (χ1n) is 6.88. The molecule has 0 aliphatic carbocycles. The Kier molecular flexibility index (Phi) is 3.75. The van der Waals surface area contributed by atoms with Crippen molar-refractivity contribution in [2.75, 3.05) is 19.7 Å². The molecule has 20 heavy (non-hydrogen) atoms. The normalized spacial score (nSPS) is 21.8. The molecule has 1 N–H and O–H groups in total. The maximum Gasteiger partial charge on any atom is 0.155 e. The number of nitrogens with zero attached hydrogens (tertiary/aromatic N) is 4. The third kappa shape index (κ3) is 2.71. The van der Waals surface area contributed by atoms with Gasteiger partial charge in [-0.25, -0.2) is 4.98 Å². The Labute approximate surface area is 118 Å². The van der Waals surface area contributed by atoms with Crippen LogP contribution in [0.15, 0.2) is 24.5 Å². The van der Waals surface area contributed by atoms with E-state index in [0.29, 0.717) is 12.6 Å². The van der Waals surface area contributed by atoms with Crippen LogP contribution >= 0.6 is 0 Å². The second-order valence-corrected chi connectivity index (χ2v) is 5.08. The number of ether oxygens (including phenoxy) is 1. The quantitative estimate of drug-likeness (QED) is 0.921. The number of aromatic nitrogens is 4. The molecule has 0 radical (unpaired) electrons. The van der Waals surface area contributed by atoms with Gasteiger partial charge in [0, 0.05) is 31.5 Å². The smallest absolute Gasteiger partial charge is 0.155 e. The minimum absolute atomic E-state index is 0.0331. The summed E-state index contributed by atoms with van der Waals surface area (Å²) < 4.78 is 5.81. The largest absolute Gasteiger partial charge is 0.368 e. The van der Waals surface area contributed by atoms with Gasteiger partial charge in [0.2, 0.25) is 0 Å². The minimum Gasteiger partial charge on any atom is -0.368 e. The Morgan fingerprint density at radius 3 is 2.90 bits per heavy atom. The van der Waals surface area contributed by atoms with E-state index >= 15 is 0 Å². The van der Waals surface area contributed by atoms with Gasteiger partial charge in [0.25, 0.3) is 0 Å². The molecule has 3 heterocycles. The molecule has 3 rings (SSSR count). The molecule has 0 amide bonds. The van der Waals surface area contributed by atoms with E-state index in [0.717, 1.165) is 24.7 Å². The molecule has 2 atom stereocenters. The lowest BCUT2D eigenvalue weighted by Crippen LogP contribution is -2.40. The van der Waals surface area contributed by atoms with Crippen LogP contribution in [0.5, 0.6) is 0 Å². The maximum absolute atomic E-state index is 5.81. The molecule has 1 aliphatic heterocycles. The molecule has 6 nitrogen and oxygen atoms in total.